The van der Waals surface area contributed by atoms with Crippen LogP contribution in [0.25, 0.3) is 0 Å². The second-order valence-electron chi connectivity index (χ2n) is 3.82. The van der Waals surface area contributed by atoms with Gasteiger partial charge in [-0.3, -0.25) is 19.8 Å². The average Bonchev–Trinajstić information content (AvgIpc) is 2.74. The summed E-state index contributed by atoms with van der Waals surface area (Å²) in [6.45, 7) is -0.710. The second-order valence-corrected chi connectivity index (χ2v) is 3.82. The smallest absolute Gasteiger partial charge is 0.365 e. The molecule has 1 aliphatic heterocycles. The maximum atomic E-state index is 12.5. The van der Waals surface area contributed by atoms with Crippen LogP contribution in [0.15, 0.2) is 10.9 Å². The third-order valence-electron chi connectivity index (χ3n) is 2.54. The van der Waals surface area contributed by atoms with Gasteiger partial charge in [-0.1, -0.05) is 0 Å². The molecule has 2 rings (SSSR count). The van der Waals surface area contributed by atoms with Gasteiger partial charge in [0.15, 0.2) is 6.10 Å². The number of alkyl halides is 3. The molecule has 100 valence electrons. The van der Waals surface area contributed by atoms with Crippen molar-refractivity contribution < 1.29 is 22.7 Å². The summed E-state index contributed by atoms with van der Waals surface area (Å²) in [4.78, 5) is 23.6. The van der Waals surface area contributed by atoms with Gasteiger partial charge in [0, 0.05) is 12.6 Å². The van der Waals surface area contributed by atoms with Crippen LogP contribution in [-0.2, 0) is 4.74 Å². The predicted molar refractivity (Wildman–Crippen MR) is 53.1 cm³/mol. The van der Waals surface area contributed by atoms with Gasteiger partial charge < -0.3 is 9.64 Å². The summed E-state index contributed by atoms with van der Waals surface area (Å²) in [6.07, 6.45) is -6.49. The third-order valence-corrected chi connectivity index (χ3v) is 2.54. The molecule has 0 spiro atoms. The minimum absolute atomic E-state index is 0.0542. The van der Waals surface area contributed by atoms with Gasteiger partial charge in [-0.25, -0.2) is 0 Å². The molecule has 1 unspecified atom stereocenters. The van der Waals surface area contributed by atoms with E-state index in [1.165, 1.54) is 0 Å². The zero-order valence-corrected chi connectivity index (χ0v) is 9.08. The van der Waals surface area contributed by atoms with Gasteiger partial charge in [0.25, 0.3) is 11.5 Å². The van der Waals surface area contributed by atoms with Crippen molar-refractivity contribution in [2.24, 2.45) is 0 Å². The first-order chi connectivity index (χ1) is 8.38. The Bertz CT molecular complexity index is 493. The first-order valence-corrected chi connectivity index (χ1v) is 5.13. The van der Waals surface area contributed by atoms with Crippen LogP contribution in [0.2, 0.25) is 0 Å². The number of aromatic nitrogens is 2. The highest BCUT2D eigenvalue weighted by molar-refractivity contribution is 5.92. The van der Waals surface area contributed by atoms with E-state index in [4.69, 9.17) is 0 Å². The van der Waals surface area contributed by atoms with Crippen LogP contribution < -0.4 is 5.56 Å². The van der Waals surface area contributed by atoms with Crippen LogP contribution in [0.1, 0.15) is 10.5 Å². The van der Waals surface area contributed by atoms with E-state index >= 15 is 0 Å². The minimum Gasteiger partial charge on any atom is -0.365 e. The fourth-order valence-electron chi connectivity index (χ4n) is 1.65. The normalized spacial score (nSPS) is 21.1. The Hall–Kier alpha value is -1.77. The fourth-order valence-corrected chi connectivity index (χ4v) is 1.65. The van der Waals surface area contributed by atoms with Crippen molar-refractivity contribution in [2.75, 3.05) is 19.7 Å². The Balaban J connectivity index is 2.10. The van der Waals surface area contributed by atoms with E-state index in [1.54, 1.807) is 0 Å². The molecule has 2 N–H and O–H groups in total. The number of amides is 1. The molecule has 1 aromatic heterocycles. The van der Waals surface area contributed by atoms with E-state index in [1.807, 2.05) is 0 Å². The lowest BCUT2D eigenvalue weighted by Crippen LogP contribution is -2.51. The number of aromatic amines is 2. The van der Waals surface area contributed by atoms with Crippen LogP contribution in [0.5, 0.6) is 0 Å². The monoisotopic (exact) mass is 265 g/mol. The Morgan fingerprint density at radius 2 is 2.17 bits per heavy atom. The van der Waals surface area contributed by atoms with Gasteiger partial charge in [0.2, 0.25) is 0 Å². The number of carbonyl (C=O) groups excluding carboxylic acids is 1. The summed E-state index contributed by atoms with van der Waals surface area (Å²) in [5.41, 5.74) is -0.582. The van der Waals surface area contributed by atoms with Gasteiger partial charge in [-0.15, -0.1) is 0 Å². The van der Waals surface area contributed by atoms with Gasteiger partial charge in [0.1, 0.15) is 5.69 Å². The molecular formula is C9H10F3N3O3. The number of carbonyl (C=O) groups is 1. The average molecular weight is 265 g/mol. The number of morpholine rings is 1. The van der Waals surface area contributed by atoms with Crippen molar-refractivity contribution in [3.63, 3.8) is 0 Å². The number of hydrogen-bond acceptors (Lipinski definition) is 3. The predicted octanol–water partition coefficient (Wildman–Crippen LogP) is 0.106. The molecule has 18 heavy (non-hydrogen) atoms. The number of nitrogens with one attached hydrogen (secondary N) is 2. The Labute approximate surface area is 98.7 Å². The quantitative estimate of drug-likeness (QED) is 0.756. The van der Waals surface area contributed by atoms with Crippen molar-refractivity contribution in [2.45, 2.75) is 12.3 Å². The zero-order valence-electron chi connectivity index (χ0n) is 9.08. The summed E-state index contributed by atoms with van der Waals surface area (Å²) in [5, 5.41) is 4.45. The lowest BCUT2D eigenvalue weighted by atomic mass is 10.2. The maximum Gasteiger partial charge on any atom is 0.416 e. The second kappa shape index (κ2) is 4.48. The highest BCUT2D eigenvalue weighted by atomic mass is 19.4. The molecule has 0 saturated carbocycles. The van der Waals surface area contributed by atoms with Crippen LogP contribution in [0.4, 0.5) is 13.2 Å². The number of nitrogens with zero attached hydrogens (tertiary/aromatic N) is 1. The first kappa shape index (κ1) is 12.7. The minimum atomic E-state index is -4.51. The summed E-state index contributed by atoms with van der Waals surface area (Å²) in [7, 11) is 0. The van der Waals surface area contributed by atoms with Crippen LogP contribution in [-0.4, -0.2) is 53.0 Å². The number of rotatable bonds is 1. The molecule has 1 aromatic rings. The Kier molecular flexibility index (Phi) is 3.16. The molecule has 0 bridgehead atoms. The van der Waals surface area contributed by atoms with E-state index < -0.39 is 30.3 Å². The van der Waals surface area contributed by atoms with Gasteiger partial charge >= 0.3 is 6.18 Å². The molecule has 1 saturated heterocycles. The van der Waals surface area contributed by atoms with Crippen molar-refractivity contribution in [3.8, 4) is 0 Å². The SMILES string of the molecule is O=C(c1cc(=O)[nH][nH]1)N1CCOC(C(F)(F)F)C1. The first-order valence-electron chi connectivity index (χ1n) is 5.13. The number of ether oxygens (including phenoxy) is 1. The van der Waals surface area contributed by atoms with Crippen molar-refractivity contribution in [1.29, 1.82) is 0 Å². The van der Waals surface area contributed by atoms with Gasteiger partial charge in [-0.2, -0.15) is 13.2 Å². The molecule has 0 aliphatic carbocycles. The lowest BCUT2D eigenvalue weighted by molar-refractivity contribution is -0.233. The zero-order chi connectivity index (χ0) is 13.3. The molecule has 9 heteroatoms. The van der Waals surface area contributed by atoms with Gasteiger partial charge in [-0.05, 0) is 0 Å². The Morgan fingerprint density at radius 1 is 1.44 bits per heavy atom. The summed E-state index contributed by atoms with van der Waals surface area (Å²) < 4.78 is 41.9. The maximum absolute atomic E-state index is 12.5. The molecule has 1 aliphatic rings. The number of halogens is 3. The fraction of sp³-hybridized carbons (Fsp3) is 0.556. The topological polar surface area (TPSA) is 78.2 Å². The molecule has 1 atom stereocenters. The highest BCUT2D eigenvalue weighted by Crippen LogP contribution is 2.26. The van der Waals surface area contributed by atoms with E-state index in [0.717, 1.165) is 11.0 Å². The molecular weight excluding hydrogens is 255 g/mol. The summed E-state index contributed by atoms with van der Waals surface area (Å²) in [5.74, 6) is -0.661. The lowest BCUT2D eigenvalue weighted by Gasteiger charge is -2.33. The third kappa shape index (κ3) is 2.55. The van der Waals surface area contributed by atoms with Crippen LogP contribution in [0.3, 0.4) is 0 Å². The van der Waals surface area contributed by atoms with E-state index in [-0.39, 0.29) is 18.8 Å². The molecule has 2 heterocycles. The van der Waals surface area contributed by atoms with Crippen molar-refractivity contribution in [3.05, 3.63) is 22.1 Å². The Morgan fingerprint density at radius 3 is 2.72 bits per heavy atom. The molecule has 1 fully saturated rings. The van der Waals surface area contributed by atoms with Crippen molar-refractivity contribution in [1.82, 2.24) is 15.1 Å². The van der Waals surface area contributed by atoms with E-state index in [0.29, 0.717) is 0 Å². The molecule has 0 radical (unpaired) electrons. The van der Waals surface area contributed by atoms with Gasteiger partial charge in [0.05, 0.1) is 13.2 Å². The van der Waals surface area contributed by atoms with E-state index in [2.05, 4.69) is 14.9 Å². The summed E-state index contributed by atoms with van der Waals surface area (Å²) >= 11 is 0. The number of H-pyrrole nitrogens is 2. The molecule has 1 amide bonds. The van der Waals surface area contributed by atoms with Crippen LogP contribution >= 0.6 is 0 Å². The van der Waals surface area contributed by atoms with Crippen molar-refractivity contribution >= 4 is 5.91 Å². The largest absolute Gasteiger partial charge is 0.416 e. The highest BCUT2D eigenvalue weighted by Gasteiger charge is 2.44. The molecule has 0 aromatic carbocycles. The number of hydrogen-bond donors (Lipinski definition) is 2. The standard InChI is InChI=1S/C9H10F3N3O3/c10-9(11,12)6-4-15(1-2-18-6)8(17)5-3-7(16)14-13-5/h3,6H,1-2,4H2,(H2,13,14,16). The van der Waals surface area contributed by atoms with E-state index in [9.17, 15) is 22.8 Å². The summed E-state index contributed by atoms with van der Waals surface area (Å²) in [6, 6.07) is 1.00. The molecule has 6 nitrogen and oxygen atoms in total. The van der Waals surface area contributed by atoms with Crippen LogP contribution in [0, 0.1) is 0 Å².